The van der Waals surface area contributed by atoms with E-state index in [-0.39, 0.29) is 17.3 Å². The molecule has 7 nitrogen and oxygen atoms in total. The number of benzene rings is 3. The summed E-state index contributed by atoms with van der Waals surface area (Å²) in [7, 11) is -2.62. The van der Waals surface area contributed by atoms with Gasteiger partial charge in [0, 0.05) is 13.6 Å². The monoisotopic (exact) mass is 511 g/mol. The van der Waals surface area contributed by atoms with Crippen molar-refractivity contribution in [3.8, 4) is 0 Å². The van der Waals surface area contributed by atoms with Crippen LogP contribution in [0.5, 0.6) is 0 Å². The predicted octanol–water partition coefficient (Wildman–Crippen LogP) is 3.88. The summed E-state index contributed by atoms with van der Waals surface area (Å²) < 4.78 is 41.8. The van der Waals surface area contributed by atoms with E-state index in [0.29, 0.717) is 17.7 Å². The Labute approximate surface area is 211 Å². The highest BCUT2D eigenvalue weighted by Gasteiger charge is 2.33. The number of anilines is 1. The molecule has 0 aliphatic heterocycles. The minimum atomic E-state index is -4.10. The second-order valence-electron chi connectivity index (χ2n) is 8.35. The summed E-state index contributed by atoms with van der Waals surface area (Å²) in [6.07, 6.45) is 0.308. The lowest BCUT2D eigenvalue weighted by atomic mass is 10.1. The summed E-state index contributed by atoms with van der Waals surface area (Å²) in [4.78, 5) is 27.7. The van der Waals surface area contributed by atoms with E-state index in [0.717, 1.165) is 9.87 Å². The molecule has 190 valence electrons. The van der Waals surface area contributed by atoms with Gasteiger partial charge in [-0.2, -0.15) is 0 Å². The normalized spacial score (nSPS) is 12.0. The van der Waals surface area contributed by atoms with Gasteiger partial charge in [0.15, 0.2) is 0 Å². The zero-order valence-electron chi connectivity index (χ0n) is 20.5. The summed E-state index contributed by atoms with van der Waals surface area (Å²) in [5.74, 6) is -1.36. The van der Waals surface area contributed by atoms with Gasteiger partial charge in [-0.3, -0.25) is 13.9 Å². The maximum absolute atomic E-state index is 13.7. The van der Waals surface area contributed by atoms with Crippen LogP contribution in [0, 0.1) is 12.7 Å². The fraction of sp³-hybridized carbons (Fsp3) is 0.259. The molecule has 0 saturated heterocycles. The van der Waals surface area contributed by atoms with E-state index in [4.69, 9.17) is 0 Å². The molecule has 0 fully saturated rings. The van der Waals surface area contributed by atoms with Crippen molar-refractivity contribution in [1.29, 1.82) is 0 Å². The van der Waals surface area contributed by atoms with Crippen LogP contribution in [0.25, 0.3) is 0 Å². The number of hydrogen-bond donors (Lipinski definition) is 1. The van der Waals surface area contributed by atoms with Crippen molar-refractivity contribution in [1.82, 2.24) is 10.2 Å². The van der Waals surface area contributed by atoms with Gasteiger partial charge in [0.2, 0.25) is 11.8 Å². The first-order valence-electron chi connectivity index (χ1n) is 11.6. The molecular weight excluding hydrogens is 481 g/mol. The number of hydrogen-bond acceptors (Lipinski definition) is 4. The Hall–Kier alpha value is -3.72. The molecule has 3 aromatic carbocycles. The van der Waals surface area contributed by atoms with Crippen molar-refractivity contribution in [2.45, 2.75) is 37.8 Å². The third-order valence-corrected chi connectivity index (χ3v) is 7.62. The number of likely N-dealkylation sites (N-methyl/N-ethyl adjacent to an activating group) is 1. The molecule has 1 N–H and O–H groups in total. The Morgan fingerprint density at radius 2 is 1.56 bits per heavy atom. The summed E-state index contributed by atoms with van der Waals surface area (Å²) in [6, 6.07) is 19.5. The molecule has 3 aromatic rings. The highest BCUT2D eigenvalue weighted by molar-refractivity contribution is 7.92. The Bertz CT molecular complexity index is 1280. The van der Waals surface area contributed by atoms with E-state index in [1.165, 1.54) is 48.3 Å². The van der Waals surface area contributed by atoms with Crippen molar-refractivity contribution >= 4 is 27.5 Å². The molecule has 0 heterocycles. The summed E-state index contributed by atoms with van der Waals surface area (Å²) in [5.41, 5.74) is 1.83. The molecule has 0 aliphatic carbocycles. The summed E-state index contributed by atoms with van der Waals surface area (Å²) in [5, 5.41) is 2.57. The number of aryl methyl sites for hydroxylation is 1. The summed E-state index contributed by atoms with van der Waals surface area (Å²) in [6.45, 7) is 3.11. The highest BCUT2D eigenvalue weighted by Crippen LogP contribution is 2.25. The number of nitrogens with one attached hydrogen (secondary N) is 1. The third kappa shape index (κ3) is 6.28. The van der Waals surface area contributed by atoms with E-state index < -0.39 is 34.3 Å². The Balaban J connectivity index is 2.02. The topological polar surface area (TPSA) is 86.8 Å². The first kappa shape index (κ1) is 26.9. The molecule has 0 aromatic heterocycles. The van der Waals surface area contributed by atoms with Gasteiger partial charge in [-0.1, -0.05) is 55.0 Å². The first-order chi connectivity index (χ1) is 17.2. The molecular formula is C27H30FN3O4S. The largest absolute Gasteiger partial charge is 0.357 e. The van der Waals surface area contributed by atoms with Crippen LogP contribution in [0.2, 0.25) is 0 Å². The van der Waals surface area contributed by atoms with E-state index in [1.54, 1.807) is 49.4 Å². The molecule has 1 atom stereocenters. The van der Waals surface area contributed by atoms with E-state index in [9.17, 15) is 22.4 Å². The van der Waals surface area contributed by atoms with Crippen molar-refractivity contribution in [2.75, 3.05) is 17.9 Å². The molecule has 0 aliphatic rings. The van der Waals surface area contributed by atoms with Gasteiger partial charge >= 0.3 is 0 Å². The molecule has 0 saturated carbocycles. The number of nitrogens with zero attached hydrogens (tertiary/aromatic N) is 2. The smallest absolute Gasteiger partial charge is 0.264 e. The van der Waals surface area contributed by atoms with Crippen LogP contribution in [0.15, 0.2) is 83.8 Å². The molecule has 0 radical (unpaired) electrons. The summed E-state index contributed by atoms with van der Waals surface area (Å²) >= 11 is 0. The van der Waals surface area contributed by atoms with Crippen LogP contribution in [-0.2, 0) is 26.2 Å². The molecule has 3 rings (SSSR count). The lowest BCUT2D eigenvalue weighted by Gasteiger charge is -2.33. The zero-order chi connectivity index (χ0) is 26.3. The van der Waals surface area contributed by atoms with Crippen LogP contribution >= 0.6 is 0 Å². The molecule has 0 bridgehead atoms. The SMILES string of the molecule is CC[C@H](C(=O)NC)N(Cc1ccc(F)cc1)C(=O)CN(c1ccccc1)S(=O)(=O)c1ccc(C)cc1. The minimum Gasteiger partial charge on any atom is -0.357 e. The van der Waals surface area contributed by atoms with Gasteiger partial charge in [0.25, 0.3) is 10.0 Å². The molecule has 2 amide bonds. The number of sulfonamides is 1. The minimum absolute atomic E-state index is 0.0122. The first-order valence-corrected chi connectivity index (χ1v) is 13.0. The van der Waals surface area contributed by atoms with Gasteiger partial charge in [-0.05, 0) is 55.3 Å². The second kappa shape index (κ2) is 11.8. The van der Waals surface area contributed by atoms with E-state index in [1.807, 2.05) is 6.92 Å². The fourth-order valence-electron chi connectivity index (χ4n) is 3.83. The number of rotatable bonds is 10. The average Bonchev–Trinajstić information content (AvgIpc) is 2.88. The quantitative estimate of drug-likeness (QED) is 0.448. The Morgan fingerprint density at radius 1 is 0.944 bits per heavy atom. The molecule has 9 heteroatoms. The lowest BCUT2D eigenvalue weighted by molar-refractivity contribution is -0.140. The number of carbonyl (C=O) groups is 2. The molecule has 0 unspecified atom stereocenters. The molecule has 0 spiro atoms. The van der Waals surface area contributed by atoms with Crippen molar-refractivity contribution < 1.29 is 22.4 Å². The number of carbonyl (C=O) groups excluding carboxylic acids is 2. The average molecular weight is 512 g/mol. The number of halogens is 1. The van der Waals surface area contributed by atoms with E-state index in [2.05, 4.69) is 5.32 Å². The van der Waals surface area contributed by atoms with Crippen molar-refractivity contribution in [2.24, 2.45) is 0 Å². The maximum Gasteiger partial charge on any atom is 0.264 e. The van der Waals surface area contributed by atoms with Crippen molar-refractivity contribution in [3.05, 3.63) is 95.8 Å². The Kier molecular flexibility index (Phi) is 8.82. The van der Waals surface area contributed by atoms with Gasteiger partial charge < -0.3 is 10.2 Å². The van der Waals surface area contributed by atoms with Crippen LogP contribution in [0.4, 0.5) is 10.1 Å². The number of para-hydroxylation sites is 1. The maximum atomic E-state index is 13.7. The number of amides is 2. The predicted molar refractivity (Wildman–Crippen MR) is 137 cm³/mol. The van der Waals surface area contributed by atoms with Crippen LogP contribution in [0.3, 0.4) is 0 Å². The van der Waals surface area contributed by atoms with Gasteiger partial charge in [-0.15, -0.1) is 0 Å². The van der Waals surface area contributed by atoms with Crippen LogP contribution in [0.1, 0.15) is 24.5 Å². The molecule has 36 heavy (non-hydrogen) atoms. The zero-order valence-corrected chi connectivity index (χ0v) is 21.3. The van der Waals surface area contributed by atoms with Crippen LogP contribution in [-0.4, -0.2) is 44.8 Å². The van der Waals surface area contributed by atoms with Gasteiger partial charge in [-0.25, -0.2) is 12.8 Å². The Morgan fingerprint density at radius 3 is 2.11 bits per heavy atom. The second-order valence-corrected chi connectivity index (χ2v) is 10.2. The fourth-order valence-corrected chi connectivity index (χ4v) is 5.25. The standard InChI is InChI=1S/C27H30FN3O4S/c1-4-25(27(33)29-3)30(18-21-12-14-22(28)15-13-21)26(32)19-31(23-8-6-5-7-9-23)36(34,35)24-16-10-20(2)11-17-24/h5-17,25H,4,18-19H2,1-3H3,(H,29,33)/t25-/m1/s1. The van der Waals surface area contributed by atoms with Crippen molar-refractivity contribution in [3.63, 3.8) is 0 Å². The van der Waals surface area contributed by atoms with Crippen LogP contribution < -0.4 is 9.62 Å². The highest BCUT2D eigenvalue weighted by atomic mass is 32.2. The lowest BCUT2D eigenvalue weighted by Crippen LogP contribution is -2.51. The van der Waals surface area contributed by atoms with Gasteiger partial charge in [0.05, 0.1) is 10.6 Å². The van der Waals surface area contributed by atoms with E-state index >= 15 is 0 Å². The van der Waals surface area contributed by atoms with Gasteiger partial charge in [0.1, 0.15) is 18.4 Å². The third-order valence-electron chi connectivity index (χ3n) is 5.83.